The molecule has 26 heavy (non-hydrogen) atoms. The number of nitrogens with zero attached hydrogens (tertiary/aromatic N) is 6. The van der Waals surface area contributed by atoms with E-state index >= 15 is 0 Å². The second kappa shape index (κ2) is 6.45. The molecule has 1 aliphatic heterocycles. The summed E-state index contributed by atoms with van der Waals surface area (Å²) in [5, 5.41) is 8.40. The summed E-state index contributed by atoms with van der Waals surface area (Å²) in [4.78, 5) is 8.92. The van der Waals surface area contributed by atoms with Crippen LogP contribution in [0.3, 0.4) is 0 Å². The molecule has 0 atom stereocenters. The van der Waals surface area contributed by atoms with Gasteiger partial charge in [0.1, 0.15) is 6.54 Å². The van der Waals surface area contributed by atoms with Gasteiger partial charge in [-0.05, 0) is 26.1 Å². The molecule has 4 rings (SSSR count). The molecule has 3 heterocycles. The Bertz CT molecular complexity index is 932. The molecule has 0 saturated carbocycles. The van der Waals surface area contributed by atoms with Crippen LogP contribution in [0.2, 0.25) is 0 Å². The molecular formula is C18H22N6O2. The molecule has 0 bridgehead atoms. The van der Waals surface area contributed by atoms with Crippen LogP contribution in [0.25, 0.3) is 11.5 Å². The average Bonchev–Trinajstić information content (AvgIpc) is 3.21. The number of benzene rings is 1. The van der Waals surface area contributed by atoms with Crippen molar-refractivity contribution in [2.75, 3.05) is 32.8 Å². The van der Waals surface area contributed by atoms with Crippen molar-refractivity contribution in [3.05, 3.63) is 41.4 Å². The van der Waals surface area contributed by atoms with Gasteiger partial charge >= 0.3 is 0 Å². The molecule has 0 fully saturated rings. The van der Waals surface area contributed by atoms with Crippen molar-refractivity contribution in [2.45, 2.75) is 20.0 Å². The third-order valence-corrected chi connectivity index (χ3v) is 4.46. The van der Waals surface area contributed by atoms with Crippen molar-refractivity contribution in [2.24, 2.45) is 0 Å². The zero-order chi connectivity index (χ0) is 18.3. The van der Waals surface area contributed by atoms with E-state index in [0.717, 1.165) is 35.9 Å². The molecule has 0 amide bonds. The van der Waals surface area contributed by atoms with Crippen molar-refractivity contribution in [3.63, 3.8) is 0 Å². The predicted molar refractivity (Wildman–Crippen MR) is 97.1 cm³/mol. The summed E-state index contributed by atoms with van der Waals surface area (Å²) in [6, 6.07) is 8.56. The van der Waals surface area contributed by atoms with Gasteiger partial charge in [-0.25, -0.2) is 0 Å². The predicted octanol–water partition coefficient (Wildman–Crippen LogP) is 2.14. The molecule has 1 aliphatic rings. The second-order valence-electron chi connectivity index (χ2n) is 6.68. The quantitative estimate of drug-likeness (QED) is 0.711. The maximum atomic E-state index is 5.89. The molecule has 0 radical (unpaired) electrons. The van der Waals surface area contributed by atoms with E-state index in [1.165, 1.54) is 0 Å². The Balaban J connectivity index is 1.66. The molecule has 3 aromatic rings. The van der Waals surface area contributed by atoms with Crippen LogP contribution in [-0.2, 0) is 13.1 Å². The van der Waals surface area contributed by atoms with Gasteiger partial charge < -0.3 is 14.1 Å². The third-order valence-electron chi connectivity index (χ3n) is 4.46. The lowest BCUT2D eigenvalue weighted by molar-refractivity contribution is 0.299. The minimum absolute atomic E-state index is 0.423. The van der Waals surface area contributed by atoms with Gasteiger partial charge in [-0.15, -0.1) is 10.2 Å². The summed E-state index contributed by atoms with van der Waals surface area (Å²) in [5.74, 6) is 1.97. The van der Waals surface area contributed by atoms with Gasteiger partial charge in [-0.2, -0.15) is 4.98 Å². The maximum absolute atomic E-state index is 5.89. The lowest BCUT2D eigenvalue weighted by atomic mass is 10.1. The molecule has 0 N–H and O–H groups in total. The van der Waals surface area contributed by atoms with Crippen molar-refractivity contribution >= 4 is 5.82 Å². The summed E-state index contributed by atoms with van der Waals surface area (Å²) >= 11 is 0. The normalized spacial score (nSPS) is 14.5. The van der Waals surface area contributed by atoms with Crippen molar-refractivity contribution < 1.29 is 9.15 Å². The Morgan fingerprint density at radius 2 is 2.08 bits per heavy atom. The lowest BCUT2D eigenvalue weighted by Gasteiger charge is -2.31. The van der Waals surface area contributed by atoms with Crippen molar-refractivity contribution in [1.82, 2.24) is 24.6 Å². The zero-order valence-corrected chi connectivity index (χ0v) is 15.4. The summed E-state index contributed by atoms with van der Waals surface area (Å²) in [7, 11) is 5.72. The van der Waals surface area contributed by atoms with Gasteiger partial charge in [-0.3, -0.25) is 9.47 Å². The van der Waals surface area contributed by atoms with Gasteiger partial charge in [-0.1, -0.05) is 17.7 Å². The Hall–Kier alpha value is -2.87. The van der Waals surface area contributed by atoms with Crippen LogP contribution in [0.15, 0.2) is 28.7 Å². The van der Waals surface area contributed by atoms with E-state index < -0.39 is 0 Å². The van der Waals surface area contributed by atoms with Gasteiger partial charge in [0.15, 0.2) is 5.82 Å². The van der Waals surface area contributed by atoms with Crippen molar-refractivity contribution in [1.29, 1.82) is 0 Å². The molecule has 8 nitrogen and oxygen atoms in total. The largest absolute Gasteiger partial charge is 0.468 e. The van der Waals surface area contributed by atoms with Crippen LogP contribution in [-0.4, -0.2) is 52.5 Å². The number of ether oxygens (including phenoxy) is 1. The highest BCUT2D eigenvalue weighted by atomic mass is 16.5. The Morgan fingerprint density at radius 1 is 1.23 bits per heavy atom. The molecule has 2 aromatic heterocycles. The van der Waals surface area contributed by atoms with Crippen LogP contribution in [0.4, 0.5) is 5.82 Å². The highest BCUT2D eigenvalue weighted by molar-refractivity contribution is 5.53. The summed E-state index contributed by atoms with van der Waals surface area (Å²) in [5.41, 5.74) is 3.15. The van der Waals surface area contributed by atoms with Gasteiger partial charge in [0.2, 0.25) is 11.8 Å². The first-order valence-corrected chi connectivity index (χ1v) is 8.47. The summed E-state index contributed by atoms with van der Waals surface area (Å²) in [6.07, 6.45) is 0. The number of hydrogen-bond donors (Lipinski definition) is 0. The molecular weight excluding hydrogens is 332 g/mol. The first kappa shape index (κ1) is 16.6. The molecule has 1 aromatic carbocycles. The van der Waals surface area contributed by atoms with E-state index in [0.29, 0.717) is 24.3 Å². The minimum atomic E-state index is 0.423. The SMILES string of the molecule is COc1nc2c(n1Cc1nnc(-c3cccc(C)c3)o1)CN(C)CN2C. The first-order valence-electron chi connectivity index (χ1n) is 8.47. The maximum Gasteiger partial charge on any atom is 0.298 e. The molecule has 0 saturated heterocycles. The van der Waals surface area contributed by atoms with Crippen molar-refractivity contribution in [3.8, 4) is 17.5 Å². The fourth-order valence-corrected chi connectivity index (χ4v) is 3.31. The zero-order valence-electron chi connectivity index (χ0n) is 15.4. The highest BCUT2D eigenvalue weighted by Crippen LogP contribution is 2.30. The van der Waals surface area contributed by atoms with E-state index in [2.05, 4.69) is 32.0 Å². The number of fused-ring (bicyclic) bond motifs is 1. The van der Waals surface area contributed by atoms with Crippen LogP contribution < -0.4 is 9.64 Å². The van der Waals surface area contributed by atoms with E-state index in [4.69, 9.17) is 9.15 Å². The van der Waals surface area contributed by atoms with Crippen LogP contribution >= 0.6 is 0 Å². The number of anilines is 1. The van der Waals surface area contributed by atoms with E-state index in [-0.39, 0.29) is 0 Å². The molecule has 136 valence electrons. The average molecular weight is 354 g/mol. The molecule has 8 heteroatoms. The number of aryl methyl sites for hydroxylation is 1. The van der Waals surface area contributed by atoms with E-state index in [9.17, 15) is 0 Å². The summed E-state index contributed by atoms with van der Waals surface area (Å²) < 4.78 is 13.4. The molecule has 0 unspecified atom stereocenters. The first-order chi connectivity index (χ1) is 12.5. The van der Waals surface area contributed by atoms with E-state index in [1.54, 1.807) is 7.11 Å². The smallest absolute Gasteiger partial charge is 0.298 e. The number of aromatic nitrogens is 4. The van der Waals surface area contributed by atoms with Crippen LogP contribution in [0.1, 0.15) is 17.1 Å². The van der Waals surface area contributed by atoms with Crippen LogP contribution in [0.5, 0.6) is 6.01 Å². The number of rotatable bonds is 4. The second-order valence-corrected chi connectivity index (χ2v) is 6.68. The monoisotopic (exact) mass is 354 g/mol. The van der Waals surface area contributed by atoms with Gasteiger partial charge in [0, 0.05) is 19.2 Å². The molecule has 0 spiro atoms. The Kier molecular flexibility index (Phi) is 4.12. The summed E-state index contributed by atoms with van der Waals surface area (Å²) in [6.45, 7) is 4.07. The van der Waals surface area contributed by atoms with Crippen LogP contribution in [0, 0.1) is 6.92 Å². The fraction of sp³-hybridized carbons (Fsp3) is 0.389. The van der Waals surface area contributed by atoms with Gasteiger partial charge in [0.25, 0.3) is 6.01 Å². The van der Waals surface area contributed by atoms with E-state index in [1.807, 2.05) is 42.8 Å². The lowest BCUT2D eigenvalue weighted by Crippen LogP contribution is -2.38. The Labute approximate surface area is 152 Å². The standard InChI is InChI=1S/C18H22N6O2/c1-12-6-5-7-13(8-12)17-21-20-15(26-17)10-24-14-9-22(2)11-23(3)16(14)19-18(24)25-4/h5-8H,9-11H2,1-4H3. The fourth-order valence-electron chi connectivity index (χ4n) is 3.31. The number of hydrogen-bond acceptors (Lipinski definition) is 7. The number of methoxy groups -OCH3 is 1. The highest BCUT2D eigenvalue weighted by Gasteiger charge is 2.27. The topological polar surface area (TPSA) is 72.4 Å². The Morgan fingerprint density at radius 3 is 2.85 bits per heavy atom. The molecule has 0 aliphatic carbocycles. The van der Waals surface area contributed by atoms with Gasteiger partial charge in [0.05, 0.1) is 19.5 Å². The third kappa shape index (κ3) is 2.92. The minimum Gasteiger partial charge on any atom is -0.468 e. The number of imidazole rings is 1.